The Bertz CT molecular complexity index is 564. The molecule has 1 atom stereocenters. The predicted octanol–water partition coefficient (Wildman–Crippen LogP) is 3.01. The fourth-order valence-electron chi connectivity index (χ4n) is 2.37. The molecule has 2 heteroatoms. The summed E-state index contributed by atoms with van der Waals surface area (Å²) in [5.74, 6) is 0. The van der Waals surface area contributed by atoms with Crippen LogP contribution in [0.15, 0.2) is 42.6 Å². The van der Waals surface area contributed by atoms with Crippen LogP contribution < -0.4 is 5.73 Å². The lowest BCUT2D eigenvalue weighted by Gasteiger charge is -2.08. The van der Waals surface area contributed by atoms with Crippen LogP contribution in [-0.4, -0.2) is 4.57 Å². The van der Waals surface area contributed by atoms with Gasteiger partial charge in [0.25, 0.3) is 0 Å². The lowest BCUT2D eigenvalue weighted by molar-refractivity contribution is 0.646. The van der Waals surface area contributed by atoms with E-state index in [2.05, 4.69) is 34.9 Å². The molecule has 0 spiro atoms. The summed E-state index contributed by atoms with van der Waals surface area (Å²) in [7, 11) is 0. The number of benzene rings is 1. The van der Waals surface area contributed by atoms with Crippen molar-refractivity contribution in [2.24, 2.45) is 5.73 Å². The van der Waals surface area contributed by atoms with Crippen molar-refractivity contribution in [3.63, 3.8) is 0 Å². The Balaban J connectivity index is 2.19. The number of nitrogens with zero attached hydrogens (tertiary/aromatic N) is 1. The molecule has 2 heterocycles. The van der Waals surface area contributed by atoms with Gasteiger partial charge in [0, 0.05) is 11.8 Å². The molecule has 0 saturated carbocycles. The summed E-state index contributed by atoms with van der Waals surface area (Å²) in [5.41, 5.74) is 11.1. The quantitative estimate of drug-likeness (QED) is 0.770. The molecule has 0 fully saturated rings. The Morgan fingerprint density at radius 2 is 2.19 bits per heavy atom. The minimum atomic E-state index is -0.0368. The fraction of sp³-hybridized carbons (Fsp3) is 0.143. The van der Waals surface area contributed by atoms with Gasteiger partial charge in [-0.15, -0.1) is 0 Å². The van der Waals surface area contributed by atoms with E-state index in [4.69, 9.17) is 5.73 Å². The van der Waals surface area contributed by atoms with Crippen LogP contribution in [0, 0.1) is 0 Å². The monoisotopic (exact) mass is 210 g/mol. The van der Waals surface area contributed by atoms with E-state index in [1.807, 2.05) is 25.3 Å². The van der Waals surface area contributed by atoms with Gasteiger partial charge < -0.3 is 10.3 Å². The van der Waals surface area contributed by atoms with Crippen molar-refractivity contribution in [1.29, 1.82) is 0 Å². The molecule has 1 unspecified atom stereocenters. The lowest BCUT2D eigenvalue weighted by atomic mass is 10.0. The zero-order chi connectivity index (χ0) is 11.1. The van der Waals surface area contributed by atoms with Gasteiger partial charge in [0.1, 0.15) is 6.17 Å². The predicted molar refractivity (Wildman–Crippen MR) is 66.9 cm³/mol. The standard InChI is InChI=1S/C14H14N2/c1-2-4-10-6-7-11-12(9-10)14(15)16-8-3-5-13(11)16/h2-9,14H,15H2,1H3. The van der Waals surface area contributed by atoms with Crippen molar-refractivity contribution in [3.05, 3.63) is 53.7 Å². The van der Waals surface area contributed by atoms with Crippen LogP contribution in [0.25, 0.3) is 17.3 Å². The largest absolute Gasteiger partial charge is 0.327 e. The molecule has 1 aromatic carbocycles. The Hall–Kier alpha value is -1.80. The first-order valence-electron chi connectivity index (χ1n) is 5.50. The van der Waals surface area contributed by atoms with Crippen molar-refractivity contribution < 1.29 is 0 Å². The highest BCUT2D eigenvalue weighted by molar-refractivity contribution is 5.72. The van der Waals surface area contributed by atoms with Gasteiger partial charge in [-0.3, -0.25) is 0 Å². The van der Waals surface area contributed by atoms with Gasteiger partial charge in [-0.2, -0.15) is 0 Å². The molecule has 0 aliphatic carbocycles. The van der Waals surface area contributed by atoms with Gasteiger partial charge in [-0.1, -0.05) is 24.3 Å². The number of aromatic nitrogens is 1. The van der Waals surface area contributed by atoms with E-state index < -0.39 is 0 Å². The lowest BCUT2D eigenvalue weighted by Crippen LogP contribution is -2.14. The summed E-state index contributed by atoms with van der Waals surface area (Å²) in [6.45, 7) is 2.02. The fourth-order valence-corrected chi connectivity index (χ4v) is 2.37. The number of rotatable bonds is 1. The number of fused-ring (bicyclic) bond motifs is 3. The van der Waals surface area contributed by atoms with E-state index in [0.29, 0.717) is 0 Å². The maximum atomic E-state index is 6.21. The number of nitrogens with two attached hydrogens (primary N) is 1. The SMILES string of the molecule is CC=Cc1ccc2c(c1)C(N)n1cccc1-2. The highest BCUT2D eigenvalue weighted by Gasteiger charge is 2.24. The maximum Gasteiger partial charge on any atom is 0.108 e. The minimum absolute atomic E-state index is 0.0368. The third-order valence-corrected chi connectivity index (χ3v) is 3.11. The minimum Gasteiger partial charge on any atom is -0.327 e. The van der Waals surface area contributed by atoms with E-state index in [1.54, 1.807) is 0 Å². The smallest absolute Gasteiger partial charge is 0.108 e. The molecule has 0 amide bonds. The van der Waals surface area contributed by atoms with Gasteiger partial charge in [-0.25, -0.2) is 0 Å². The molecule has 1 aliphatic rings. The molecule has 16 heavy (non-hydrogen) atoms. The van der Waals surface area contributed by atoms with Crippen molar-refractivity contribution >= 4 is 6.08 Å². The topological polar surface area (TPSA) is 30.9 Å². The summed E-state index contributed by atoms with van der Waals surface area (Å²) >= 11 is 0. The van der Waals surface area contributed by atoms with Crippen molar-refractivity contribution in [1.82, 2.24) is 4.57 Å². The Morgan fingerprint density at radius 1 is 1.31 bits per heavy atom. The molecule has 1 aromatic heterocycles. The maximum absolute atomic E-state index is 6.21. The van der Waals surface area contributed by atoms with Gasteiger partial charge in [0.15, 0.2) is 0 Å². The van der Waals surface area contributed by atoms with Crippen LogP contribution in [0.5, 0.6) is 0 Å². The van der Waals surface area contributed by atoms with Gasteiger partial charge in [0.05, 0.1) is 5.69 Å². The number of hydrogen-bond acceptors (Lipinski definition) is 1. The molecule has 0 radical (unpaired) electrons. The van der Waals surface area contributed by atoms with Crippen LogP contribution in [0.1, 0.15) is 24.2 Å². The second-order valence-corrected chi connectivity index (χ2v) is 4.09. The molecule has 1 aliphatic heterocycles. The first-order chi connectivity index (χ1) is 7.81. The summed E-state index contributed by atoms with van der Waals surface area (Å²) in [6.07, 6.45) is 6.14. The molecule has 2 aromatic rings. The second kappa shape index (κ2) is 3.35. The highest BCUT2D eigenvalue weighted by atomic mass is 15.1. The third-order valence-electron chi connectivity index (χ3n) is 3.11. The van der Waals surface area contributed by atoms with Crippen LogP contribution in [-0.2, 0) is 0 Å². The Morgan fingerprint density at radius 3 is 3.00 bits per heavy atom. The van der Waals surface area contributed by atoms with Gasteiger partial charge in [0.2, 0.25) is 0 Å². The number of allylic oxidation sites excluding steroid dienone is 1. The highest BCUT2D eigenvalue weighted by Crippen LogP contribution is 2.37. The van der Waals surface area contributed by atoms with Crippen molar-refractivity contribution in [3.8, 4) is 11.3 Å². The van der Waals surface area contributed by atoms with Crippen molar-refractivity contribution in [2.75, 3.05) is 0 Å². The van der Waals surface area contributed by atoms with Crippen LogP contribution in [0.4, 0.5) is 0 Å². The Kier molecular flexibility index (Phi) is 1.98. The van der Waals surface area contributed by atoms with Crippen molar-refractivity contribution in [2.45, 2.75) is 13.1 Å². The zero-order valence-electron chi connectivity index (χ0n) is 9.22. The summed E-state index contributed by atoms with van der Waals surface area (Å²) in [5, 5.41) is 0. The zero-order valence-corrected chi connectivity index (χ0v) is 9.22. The third kappa shape index (κ3) is 1.17. The molecule has 3 rings (SSSR count). The average molecular weight is 210 g/mol. The molecule has 80 valence electrons. The van der Waals surface area contributed by atoms with Crippen LogP contribution in [0.3, 0.4) is 0 Å². The molecular formula is C14H14N2. The molecule has 0 saturated heterocycles. The Labute approximate surface area is 95.0 Å². The second-order valence-electron chi connectivity index (χ2n) is 4.09. The molecule has 0 bridgehead atoms. The van der Waals surface area contributed by atoms with E-state index in [9.17, 15) is 0 Å². The summed E-state index contributed by atoms with van der Waals surface area (Å²) in [4.78, 5) is 0. The van der Waals surface area contributed by atoms with E-state index in [0.717, 1.165) is 0 Å². The average Bonchev–Trinajstić information content (AvgIpc) is 2.84. The van der Waals surface area contributed by atoms with E-state index in [1.165, 1.54) is 22.4 Å². The summed E-state index contributed by atoms with van der Waals surface area (Å²) in [6, 6.07) is 10.6. The summed E-state index contributed by atoms with van der Waals surface area (Å²) < 4.78 is 2.12. The van der Waals surface area contributed by atoms with E-state index >= 15 is 0 Å². The molecule has 2 nitrogen and oxygen atoms in total. The first-order valence-corrected chi connectivity index (χ1v) is 5.50. The number of hydrogen-bond donors (Lipinski definition) is 1. The normalized spacial score (nSPS) is 17.8. The van der Waals surface area contributed by atoms with Crippen LogP contribution >= 0.6 is 0 Å². The first kappa shape index (κ1) is 9.43. The van der Waals surface area contributed by atoms with Gasteiger partial charge >= 0.3 is 0 Å². The van der Waals surface area contributed by atoms with Gasteiger partial charge in [-0.05, 0) is 36.2 Å². The van der Waals surface area contributed by atoms with Crippen LogP contribution in [0.2, 0.25) is 0 Å². The molecular weight excluding hydrogens is 196 g/mol. The van der Waals surface area contributed by atoms with E-state index in [-0.39, 0.29) is 6.17 Å². The molecule has 2 N–H and O–H groups in total.